The van der Waals surface area contributed by atoms with Gasteiger partial charge in [0.05, 0.1) is 5.92 Å². The summed E-state index contributed by atoms with van der Waals surface area (Å²) < 4.78 is 11.3. The van der Waals surface area contributed by atoms with Gasteiger partial charge in [0.25, 0.3) is 5.97 Å². The molecular formula is C23H31NO5. The molecule has 0 saturated heterocycles. The summed E-state index contributed by atoms with van der Waals surface area (Å²) in [7, 11) is 0. The molecule has 2 aromatic carbocycles. The van der Waals surface area contributed by atoms with Gasteiger partial charge in [0, 0.05) is 13.5 Å². The molecule has 0 aliphatic carbocycles. The van der Waals surface area contributed by atoms with Crippen LogP contribution in [0.3, 0.4) is 0 Å². The molecule has 0 amide bonds. The first-order valence-corrected chi connectivity index (χ1v) is 9.78. The number of carboxylic acid groups (broad SMARTS) is 1. The maximum absolute atomic E-state index is 12.3. The number of para-hydroxylation sites is 1. The molecule has 1 atom stereocenters. The Morgan fingerprint density at radius 1 is 1.00 bits per heavy atom. The molecule has 1 N–H and O–H groups in total. The Bertz CT molecular complexity index is 740. The number of nitrogens with zero attached hydrogens (tertiary/aromatic N) is 1. The maximum atomic E-state index is 12.3. The van der Waals surface area contributed by atoms with Crippen molar-refractivity contribution in [1.29, 1.82) is 0 Å². The molecule has 0 aromatic heterocycles. The fourth-order valence-electron chi connectivity index (χ4n) is 2.55. The summed E-state index contributed by atoms with van der Waals surface area (Å²) in [5.41, 5.74) is 0.890. The van der Waals surface area contributed by atoms with Crippen LogP contribution in [0.15, 0.2) is 54.6 Å². The van der Waals surface area contributed by atoms with Gasteiger partial charge in [-0.25, -0.2) is 0 Å². The van der Waals surface area contributed by atoms with Crippen LogP contribution in [0, 0.1) is 0 Å². The Morgan fingerprint density at radius 3 is 2.17 bits per heavy atom. The van der Waals surface area contributed by atoms with Crippen molar-refractivity contribution in [2.24, 2.45) is 0 Å². The predicted molar refractivity (Wildman–Crippen MR) is 113 cm³/mol. The fourth-order valence-corrected chi connectivity index (χ4v) is 2.55. The van der Waals surface area contributed by atoms with Crippen LogP contribution in [0.4, 0.5) is 0 Å². The quantitative estimate of drug-likeness (QED) is 0.621. The minimum atomic E-state index is -0.833. The highest BCUT2D eigenvalue weighted by Crippen LogP contribution is 2.25. The fraction of sp³-hybridized carbons (Fsp3) is 0.391. The molecule has 0 heterocycles. The summed E-state index contributed by atoms with van der Waals surface area (Å²) in [5.74, 6) is 0.126. The number of hydrogen-bond acceptors (Lipinski definition) is 5. The number of likely N-dealkylation sites (N-methyl/N-ethyl adjacent to an activating group) is 1. The molecule has 0 aliphatic rings. The number of esters is 1. The topological polar surface area (TPSA) is 76.1 Å². The van der Waals surface area contributed by atoms with Crippen LogP contribution in [-0.4, -0.2) is 48.2 Å². The van der Waals surface area contributed by atoms with E-state index in [-0.39, 0.29) is 11.9 Å². The zero-order valence-electron chi connectivity index (χ0n) is 17.6. The minimum Gasteiger partial charge on any atom is -0.481 e. The molecule has 158 valence electrons. The Hall–Kier alpha value is -2.86. The Labute approximate surface area is 173 Å². The molecule has 2 rings (SSSR count). The third-order valence-electron chi connectivity index (χ3n) is 4.24. The second-order valence-corrected chi connectivity index (χ2v) is 6.42. The minimum absolute atomic E-state index is 0.205. The van der Waals surface area contributed by atoms with E-state index in [1.54, 1.807) is 0 Å². The average molecular weight is 402 g/mol. The van der Waals surface area contributed by atoms with Gasteiger partial charge in [-0.15, -0.1) is 0 Å². The first-order valence-electron chi connectivity index (χ1n) is 9.78. The number of benzene rings is 2. The van der Waals surface area contributed by atoms with E-state index < -0.39 is 5.97 Å². The Morgan fingerprint density at radius 2 is 1.59 bits per heavy atom. The van der Waals surface area contributed by atoms with Crippen molar-refractivity contribution in [2.75, 3.05) is 26.2 Å². The SMILES string of the molecule is CC(=O)O.CCN(CC)CCOC(=O)C(C)c1cccc(Oc2ccccc2)c1. The lowest BCUT2D eigenvalue weighted by Crippen LogP contribution is -2.28. The molecule has 2 aromatic rings. The number of ether oxygens (including phenoxy) is 2. The van der Waals surface area contributed by atoms with E-state index in [9.17, 15) is 4.79 Å². The summed E-state index contributed by atoms with van der Waals surface area (Å²) in [6.45, 7) is 10.3. The highest BCUT2D eigenvalue weighted by atomic mass is 16.5. The summed E-state index contributed by atoms with van der Waals surface area (Å²) in [4.78, 5) is 23.5. The summed E-state index contributed by atoms with van der Waals surface area (Å²) in [6, 6.07) is 17.2. The molecule has 0 spiro atoms. The van der Waals surface area contributed by atoms with Crippen molar-refractivity contribution in [3.05, 3.63) is 60.2 Å². The van der Waals surface area contributed by atoms with Crippen LogP contribution in [0.1, 0.15) is 39.2 Å². The van der Waals surface area contributed by atoms with Gasteiger partial charge < -0.3 is 19.5 Å². The number of rotatable bonds is 9. The summed E-state index contributed by atoms with van der Waals surface area (Å²) in [6.07, 6.45) is 0. The summed E-state index contributed by atoms with van der Waals surface area (Å²) >= 11 is 0. The highest BCUT2D eigenvalue weighted by Gasteiger charge is 2.17. The second-order valence-electron chi connectivity index (χ2n) is 6.42. The molecular weight excluding hydrogens is 370 g/mol. The second kappa shape index (κ2) is 13.3. The van der Waals surface area contributed by atoms with E-state index in [2.05, 4.69) is 18.7 Å². The zero-order valence-corrected chi connectivity index (χ0v) is 17.6. The number of carboxylic acids is 1. The molecule has 29 heavy (non-hydrogen) atoms. The van der Waals surface area contributed by atoms with E-state index in [4.69, 9.17) is 19.4 Å². The van der Waals surface area contributed by atoms with Gasteiger partial charge in [-0.2, -0.15) is 0 Å². The van der Waals surface area contributed by atoms with Crippen LogP contribution < -0.4 is 4.74 Å². The van der Waals surface area contributed by atoms with Gasteiger partial charge in [0.2, 0.25) is 0 Å². The largest absolute Gasteiger partial charge is 0.481 e. The number of hydrogen-bond donors (Lipinski definition) is 1. The Balaban J connectivity index is 0.000000960. The van der Waals surface area contributed by atoms with Gasteiger partial charge in [-0.05, 0) is 49.8 Å². The molecule has 6 nitrogen and oxygen atoms in total. The predicted octanol–water partition coefficient (Wildman–Crippen LogP) is 4.56. The van der Waals surface area contributed by atoms with Crippen molar-refractivity contribution < 1.29 is 24.2 Å². The van der Waals surface area contributed by atoms with Crippen molar-refractivity contribution in [3.8, 4) is 11.5 Å². The lowest BCUT2D eigenvalue weighted by atomic mass is 10.0. The molecule has 6 heteroatoms. The smallest absolute Gasteiger partial charge is 0.313 e. The van der Waals surface area contributed by atoms with Gasteiger partial charge in [-0.3, -0.25) is 9.59 Å². The Kier molecular flexibility index (Phi) is 11.1. The van der Waals surface area contributed by atoms with Crippen molar-refractivity contribution in [2.45, 2.75) is 33.6 Å². The first kappa shape index (κ1) is 24.2. The molecule has 1 unspecified atom stereocenters. The molecule has 0 aliphatic heterocycles. The number of carbonyl (C=O) groups excluding carboxylic acids is 1. The van der Waals surface area contributed by atoms with Gasteiger partial charge in [-0.1, -0.05) is 44.2 Å². The van der Waals surface area contributed by atoms with Crippen LogP contribution in [0.5, 0.6) is 11.5 Å². The molecule has 0 fully saturated rings. The molecule has 0 bridgehead atoms. The van der Waals surface area contributed by atoms with Crippen molar-refractivity contribution in [3.63, 3.8) is 0 Å². The van der Waals surface area contributed by atoms with E-state index in [1.165, 1.54) is 0 Å². The van der Waals surface area contributed by atoms with Crippen LogP contribution in [0.25, 0.3) is 0 Å². The maximum Gasteiger partial charge on any atom is 0.313 e. The first-order chi connectivity index (χ1) is 13.9. The van der Waals surface area contributed by atoms with E-state index in [0.29, 0.717) is 12.4 Å². The normalized spacial score (nSPS) is 11.2. The molecule has 0 radical (unpaired) electrons. The third kappa shape index (κ3) is 9.76. The van der Waals surface area contributed by atoms with Crippen LogP contribution >= 0.6 is 0 Å². The van der Waals surface area contributed by atoms with E-state index in [0.717, 1.165) is 37.9 Å². The van der Waals surface area contributed by atoms with Crippen LogP contribution in [-0.2, 0) is 14.3 Å². The standard InChI is InChI=1S/C21H27NO3.C2H4O2/c1-4-22(5-2)14-15-24-21(23)17(3)18-10-9-13-20(16-18)25-19-11-7-6-8-12-19;1-2(3)4/h6-13,16-17H,4-5,14-15H2,1-3H3;1H3,(H,3,4). The summed E-state index contributed by atoms with van der Waals surface area (Å²) in [5, 5.41) is 7.42. The van der Waals surface area contributed by atoms with Gasteiger partial charge >= 0.3 is 5.97 Å². The third-order valence-corrected chi connectivity index (χ3v) is 4.24. The highest BCUT2D eigenvalue weighted by molar-refractivity contribution is 5.77. The van der Waals surface area contributed by atoms with E-state index >= 15 is 0 Å². The van der Waals surface area contributed by atoms with E-state index in [1.807, 2.05) is 61.5 Å². The molecule has 0 saturated carbocycles. The van der Waals surface area contributed by atoms with Crippen molar-refractivity contribution >= 4 is 11.9 Å². The van der Waals surface area contributed by atoms with Crippen LogP contribution in [0.2, 0.25) is 0 Å². The lowest BCUT2D eigenvalue weighted by Gasteiger charge is -2.19. The van der Waals surface area contributed by atoms with Crippen molar-refractivity contribution in [1.82, 2.24) is 4.90 Å². The number of aliphatic carboxylic acids is 1. The average Bonchev–Trinajstić information content (AvgIpc) is 2.71. The lowest BCUT2D eigenvalue weighted by molar-refractivity contribution is -0.145. The number of carbonyl (C=O) groups is 2. The zero-order chi connectivity index (χ0) is 21.6. The van der Waals surface area contributed by atoms with Gasteiger partial charge in [0.1, 0.15) is 18.1 Å². The monoisotopic (exact) mass is 401 g/mol. The van der Waals surface area contributed by atoms with Gasteiger partial charge in [0.15, 0.2) is 0 Å².